The third-order valence-corrected chi connectivity index (χ3v) is 3.77. The second-order valence-corrected chi connectivity index (χ2v) is 5.36. The van der Waals surface area contributed by atoms with Crippen molar-refractivity contribution in [2.24, 2.45) is 0 Å². The minimum atomic E-state index is -0.531. The molecule has 0 saturated heterocycles. The predicted molar refractivity (Wildman–Crippen MR) is 80.0 cm³/mol. The fraction of sp³-hybridized carbons (Fsp3) is 0.214. The van der Waals surface area contributed by atoms with Crippen LogP contribution in [0.3, 0.4) is 0 Å². The maximum Gasteiger partial charge on any atom is 0.284 e. The van der Waals surface area contributed by atoms with Gasteiger partial charge in [-0.05, 0) is 41.1 Å². The van der Waals surface area contributed by atoms with E-state index in [9.17, 15) is 14.9 Å². The van der Waals surface area contributed by atoms with Gasteiger partial charge in [0.15, 0.2) is 0 Å². The van der Waals surface area contributed by atoms with Gasteiger partial charge in [-0.3, -0.25) is 14.9 Å². The molecule has 0 unspecified atom stereocenters. The van der Waals surface area contributed by atoms with Gasteiger partial charge in [-0.2, -0.15) is 0 Å². The summed E-state index contributed by atoms with van der Waals surface area (Å²) >= 11 is 3.13. The molecule has 0 bridgehead atoms. The van der Waals surface area contributed by atoms with Crippen molar-refractivity contribution >= 4 is 27.5 Å². The number of hydrogen-bond donors (Lipinski definition) is 0. The van der Waals surface area contributed by atoms with E-state index in [1.54, 1.807) is 19.2 Å². The van der Waals surface area contributed by atoms with Crippen molar-refractivity contribution < 1.29 is 14.1 Å². The van der Waals surface area contributed by atoms with Crippen LogP contribution in [0.15, 0.2) is 39.2 Å². The fourth-order valence-corrected chi connectivity index (χ4v) is 2.49. The van der Waals surface area contributed by atoms with Crippen LogP contribution in [0.4, 0.5) is 5.69 Å². The second kappa shape index (κ2) is 6.09. The van der Waals surface area contributed by atoms with E-state index in [2.05, 4.69) is 15.9 Å². The number of carbonyl (C=O) groups excluding carboxylic acids is 1. The van der Waals surface area contributed by atoms with Crippen molar-refractivity contribution in [2.45, 2.75) is 13.5 Å². The molecule has 1 aromatic carbocycles. The largest absolute Gasteiger partial charge is 0.464 e. The van der Waals surface area contributed by atoms with Gasteiger partial charge in [0, 0.05) is 13.1 Å². The molecule has 0 N–H and O–H groups in total. The first-order valence-corrected chi connectivity index (χ1v) is 6.93. The summed E-state index contributed by atoms with van der Waals surface area (Å²) in [7, 11) is 1.62. The maximum atomic E-state index is 12.4. The lowest BCUT2D eigenvalue weighted by molar-refractivity contribution is -0.385. The van der Waals surface area contributed by atoms with Crippen LogP contribution < -0.4 is 0 Å². The number of aryl methyl sites for hydroxylation is 1. The zero-order valence-electron chi connectivity index (χ0n) is 11.5. The number of benzene rings is 1. The minimum absolute atomic E-state index is 0.136. The van der Waals surface area contributed by atoms with Gasteiger partial charge in [-0.25, -0.2) is 0 Å². The van der Waals surface area contributed by atoms with Crippen molar-refractivity contribution in [1.29, 1.82) is 0 Å². The molecule has 0 atom stereocenters. The molecular weight excluding hydrogens is 340 g/mol. The van der Waals surface area contributed by atoms with Gasteiger partial charge in [0.25, 0.3) is 11.6 Å². The summed E-state index contributed by atoms with van der Waals surface area (Å²) in [6, 6.07) is 7.99. The average Bonchev–Trinajstić information content (AvgIpc) is 2.83. The van der Waals surface area contributed by atoms with Crippen molar-refractivity contribution in [3.05, 3.63) is 62.0 Å². The van der Waals surface area contributed by atoms with Crippen molar-refractivity contribution in [2.75, 3.05) is 7.05 Å². The Bertz CT molecular complexity index is 696. The summed E-state index contributed by atoms with van der Waals surface area (Å²) in [5, 5.41) is 10.9. The van der Waals surface area contributed by atoms with Crippen molar-refractivity contribution in [3.8, 4) is 0 Å². The second-order valence-electron chi connectivity index (χ2n) is 4.57. The normalized spacial score (nSPS) is 10.4. The number of halogens is 1. The zero-order chi connectivity index (χ0) is 15.6. The molecule has 0 aliphatic rings. The van der Waals surface area contributed by atoms with E-state index in [0.717, 1.165) is 5.76 Å². The number of nitro benzene ring substituents is 1. The number of furan rings is 1. The highest BCUT2D eigenvalue weighted by Crippen LogP contribution is 2.29. The molecule has 1 amide bonds. The first-order chi connectivity index (χ1) is 9.90. The molecule has 0 aliphatic heterocycles. The Hall–Kier alpha value is -2.15. The zero-order valence-corrected chi connectivity index (χ0v) is 13.1. The molecule has 0 radical (unpaired) electrons. The molecule has 0 fully saturated rings. The number of hydrogen-bond acceptors (Lipinski definition) is 4. The summed E-state index contributed by atoms with van der Waals surface area (Å²) in [6.45, 7) is 2.12. The van der Waals surface area contributed by atoms with Crippen molar-refractivity contribution in [3.63, 3.8) is 0 Å². The summed E-state index contributed by atoms with van der Waals surface area (Å²) in [4.78, 5) is 24.2. The highest BCUT2D eigenvalue weighted by Gasteiger charge is 2.22. The topological polar surface area (TPSA) is 76.6 Å². The Morgan fingerprint density at radius 1 is 1.38 bits per heavy atom. The van der Waals surface area contributed by atoms with Crippen LogP contribution in [-0.2, 0) is 6.54 Å². The average molecular weight is 353 g/mol. The van der Waals surface area contributed by atoms with Gasteiger partial charge < -0.3 is 9.32 Å². The Labute approximate surface area is 129 Å². The number of carbonyl (C=O) groups is 1. The lowest BCUT2D eigenvalue weighted by atomic mass is 10.2. The molecule has 2 rings (SSSR count). The van der Waals surface area contributed by atoms with Crippen LogP contribution in [-0.4, -0.2) is 22.8 Å². The number of rotatable bonds is 4. The van der Waals surface area contributed by atoms with Crippen LogP contribution in [0.2, 0.25) is 0 Å². The van der Waals surface area contributed by atoms with Gasteiger partial charge in [-0.1, -0.05) is 6.07 Å². The molecule has 1 aromatic heterocycles. The van der Waals surface area contributed by atoms with E-state index in [-0.39, 0.29) is 21.6 Å². The van der Waals surface area contributed by atoms with Gasteiger partial charge in [0.05, 0.1) is 17.0 Å². The SMILES string of the molecule is Cc1ccc(CN(C)C(=O)c2cccc([N+](=O)[O-])c2Br)o1. The Morgan fingerprint density at radius 3 is 2.67 bits per heavy atom. The Kier molecular flexibility index (Phi) is 4.42. The molecule has 0 saturated carbocycles. The first-order valence-electron chi connectivity index (χ1n) is 6.14. The monoisotopic (exact) mass is 352 g/mol. The van der Waals surface area contributed by atoms with Crippen LogP contribution >= 0.6 is 15.9 Å². The third kappa shape index (κ3) is 3.30. The van der Waals surface area contributed by atoms with E-state index in [1.165, 1.54) is 17.0 Å². The third-order valence-electron chi connectivity index (χ3n) is 2.94. The number of amides is 1. The van der Waals surface area contributed by atoms with Crippen LogP contribution in [0.25, 0.3) is 0 Å². The fourth-order valence-electron chi connectivity index (χ4n) is 1.91. The molecule has 21 heavy (non-hydrogen) atoms. The summed E-state index contributed by atoms with van der Waals surface area (Å²) in [5.74, 6) is 1.10. The molecule has 0 spiro atoms. The molecule has 110 valence electrons. The number of nitro groups is 1. The molecule has 6 nitrogen and oxygen atoms in total. The Balaban J connectivity index is 2.23. The molecule has 0 aliphatic carbocycles. The van der Waals surface area contributed by atoms with E-state index >= 15 is 0 Å². The quantitative estimate of drug-likeness (QED) is 0.622. The van der Waals surface area contributed by atoms with E-state index in [1.807, 2.05) is 13.0 Å². The molecule has 2 aromatic rings. The van der Waals surface area contributed by atoms with Crippen LogP contribution in [0.1, 0.15) is 21.9 Å². The minimum Gasteiger partial charge on any atom is -0.464 e. The first kappa shape index (κ1) is 15.2. The van der Waals surface area contributed by atoms with Crippen LogP contribution in [0.5, 0.6) is 0 Å². The molecular formula is C14H13BrN2O4. The summed E-state index contributed by atoms with van der Waals surface area (Å²) < 4.78 is 5.60. The Morgan fingerprint density at radius 2 is 2.10 bits per heavy atom. The maximum absolute atomic E-state index is 12.4. The van der Waals surface area contributed by atoms with E-state index in [4.69, 9.17) is 4.42 Å². The van der Waals surface area contributed by atoms with E-state index < -0.39 is 4.92 Å². The summed E-state index contributed by atoms with van der Waals surface area (Å²) in [5.41, 5.74) is 0.109. The van der Waals surface area contributed by atoms with Crippen molar-refractivity contribution in [1.82, 2.24) is 4.90 Å². The number of nitrogens with zero attached hydrogens (tertiary/aromatic N) is 2. The van der Waals surface area contributed by atoms with Gasteiger partial charge in [-0.15, -0.1) is 0 Å². The lowest BCUT2D eigenvalue weighted by Crippen LogP contribution is -2.26. The van der Waals surface area contributed by atoms with E-state index in [0.29, 0.717) is 12.3 Å². The van der Waals surface area contributed by atoms with Gasteiger partial charge in [0.2, 0.25) is 0 Å². The highest BCUT2D eigenvalue weighted by molar-refractivity contribution is 9.10. The highest BCUT2D eigenvalue weighted by atomic mass is 79.9. The molecule has 7 heteroatoms. The predicted octanol–water partition coefficient (Wildman–Crippen LogP) is 3.53. The smallest absolute Gasteiger partial charge is 0.284 e. The standard InChI is InChI=1S/C14H13BrN2O4/c1-9-6-7-10(21-9)8-16(2)14(18)11-4-3-5-12(13(11)15)17(19)20/h3-7H,8H2,1-2H3. The van der Waals surface area contributed by atoms with Gasteiger partial charge in [0.1, 0.15) is 16.0 Å². The lowest BCUT2D eigenvalue weighted by Gasteiger charge is -2.16. The van der Waals surface area contributed by atoms with Crippen LogP contribution in [0, 0.1) is 17.0 Å². The van der Waals surface area contributed by atoms with Gasteiger partial charge >= 0.3 is 0 Å². The summed E-state index contributed by atoms with van der Waals surface area (Å²) in [6.07, 6.45) is 0. The molecule has 1 heterocycles.